The molecule has 0 bridgehead atoms. The quantitative estimate of drug-likeness (QED) is 0.777. The maximum absolute atomic E-state index is 4.09. The average molecular weight is 224 g/mol. The van der Waals surface area contributed by atoms with E-state index in [4.69, 9.17) is 0 Å². The zero-order valence-corrected chi connectivity index (χ0v) is 9.79. The van der Waals surface area contributed by atoms with Crippen molar-refractivity contribution in [1.82, 2.24) is 4.98 Å². The molecule has 86 valence electrons. The third-order valence-corrected chi connectivity index (χ3v) is 3.43. The van der Waals surface area contributed by atoms with E-state index in [-0.39, 0.29) is 0 Å². The lowest BCUT2D eigenvalue weighted by atomic mass is 10.0. The van der Waals surface area contributed by atoms with Gasteiger partial charge in [-0.1, -0.05) is 30.3 Å². The Morgan fingerprint density at radius 1 is 1.00 bits per heavy atom. The van der Waals surface area contributed by atoms with Crippen LogP contribution in [0.4, 0.5) is 5.69 Å². The van der Waals surface area contributed by atoms with Crippen LogP contribution in [0.1, 0.15) is 24.4 Å². The molecule has 1 aliphatic rings. The van der Waals surface area contributed by atoms with Crippen molar-refractivity contribution in [2.24, 2.45) is 0 Å². The number of nitrogens with zero attached hydrogens (tertiary/aromatic N) is 2. The molecule has 2 nitrogen and oxygen atoms in total. The largest absolute Gasteiger partial charge is 0.364 e. The fourth-order valence-electron chi connectivity index (χ4n) is 2.63. The van der Waals surface area contributed by atoms with E-state index in [1.54, 1.807) is 0 Å². The molecule has 2 heterocycles. The molecule has 2 heteroatoms. The van der Waals surface area contributed by atoms with Gasteiger partial charge in [0.2, 0.25) is 0 Å². The Morgan fingerprint density at radius 3 is 2.53 bits per heavy atom. The van der Waals surface area contributed by atoms with E-state index in [1.165, 1.54) is 24.1 Å². The number of pyridine rings is 1. The summed E-state index contributed by atoms with van der Waals surface area (Å²) in [5, 5.41) is 0. The molecule has 0 saturated carbocycles. The van der Waals surface area contributed by atoms with Crippen molar-refractivity contribution >= 4 is 5.69 Å². The van der Waals surface area contributed by atoms with Crippen LogP contribution in [0.2, 0.25) is 0 Å². The van der Waals surface area contributed by atoms with Crippen molar-refractivity contribution < 1.29 is 0 Å². The highest BCUT2D eigenvalue weighted by Crippen LogP contribution is 2.35. The topological polar surface area (TPSA) is 16.1 Å². The standard InChI is InChI=1S/C15H16N2/c1-2-5-13(6-3-1)15-7-4-12-17(15)14-8-10-16-11-9-14/h1-3,5-6,8-11,15H,4,7,12H2. The molecule has 1 saturated heterocycles. The fourth-order valence-corrected chi connectivity index (χ4v) is 2.63. The molecule has 2 aromatic rings. The first-order valence-electron chi connectivity index (χ1n) is 6.17. The smallest absolute Gasteiger partial charge is 0.0543 e. The molecule has 1 aliphatic heterocycles. The van der Waals surface area contributed by atoms with Gasteiger partial charge in [-0.05, 0) is 30.5 Å². The van der Waals surface area contributed by atoms with E-state index < -0.39 is 0 Å². The van der Waals surface area contributed by atoms with Gasteiger partial charge in [-0.15, -0.1) is 0 Å². The van der Waals surface area contributed by atoms with Crippen molar-refractivity contribution in [2.75, 3.05) is 11.4 Å². The van der Waals surface area contributed by atoms with Crippen molar-refractivity contribution in [2.45, 2.75) is 18.9 Å². The number of benzene rings is 1. The maximum atomic E-state index is 4.09. The van der Waals surface area contributed by atoms with Gasteiger partial charge in [0.05, 0.1) is 6.04 Å². The number of rotatable bonds is 2. The second-order valence-corrected chi connectivity index (χ2v) is 4.47. The molecule has 3 rings (SSSR count). The lowest BCUT2D eigenvalue weighted by molar-refractivity contribution is 0.719. The van der Waals surface area contributed by atoms with Crippen LogP contribution in [0.5, 0.6) is 0 Å². The molecule has 1 fully saturated rings. The van der Waals surface area contributed by atoms with Crippen LogP contribution in [0.3, 0.4) is 0 Å². The summed E-state index contributed by atoms with van der Waals surface area (Å²) in [4.78, 5) is 6.57. The minimum atomic E-state index is 0.526. The Morgan fingerprint density at radius 2 is 1.76 bits per heavy atom. The number of hydrogen-bond acceptors (Lipinski definition) is 2. The Hall–Kier alpha value is -1.83. The van der Waals surface area contributed by atoms with Crippen LogP contribution in [-0.2, 0) is 0 Å². The van der Waals surface area contributed by atoms with E-state index in [9.17, 15) is 0 Å². The van der Waals surface area contributed by atoms with Crippen LogP contribution in [-0.4, -0.2) is 11.5 Å². The van der Waals surface area contributed by atoms with E-state index in [0.717, 1.165) is 6.54 Å². The summed E-state index contributed by atoms with van der Waals surface area (Å²) < 4.78 is 0. The second kappa shape index (κ2) is 4.58. The first-order valence-corrected chi connectivity index (χ1v) is 6.17. The third kappa shape index (κ3) is 2.03. The number of hydrogen-bond donors (Lipinski definition) is 0. The zero-order chi connectivity index (χ0) is 11.5. The highest BCUT2D eigenvalue weighted by molar-refractivity contribution is 5.48. The van der Waals surface area contributed by atoms with E-state index >= 15 is 0 Å². The van der Waals surface area contributed by atoms with E-state index in [1.807, 2.05) is 12.4 Å². The maximum Gasteiger partial charge on any atom is 0.0543 e. The van der Waals surface area contributed by atoms with E-state index in [2.05, 4.69) is 52.3 Å². The van der Waals surface area contributed by atoms with Crippen LogP contribution in [0.15, 0.2) is 54.9 Å². The van der Waals surface area contributed by atoms with Crippen LogP contribution < -0.4 is 4.90 Å². The summed E-state index contributed by atoms with van der Waals surface area (Å²) in [6, 6.07) is 15.5. The minimum Gasteiger partial charge on any atom is -0.364 e. The molecule has 0 spiro atoms. The van der Waals surface area contributed by atoms with E-state index in [0.29, 0.717) is 6.04 Å². The number of aromatic nitrogens is 1. The van der Waals surface area contributed by atoms with Crippen molar-refractivity contribution in [1.29, 1.82) is 0 Å². The molecule has 0 radical (unpaired) electrons. The second-order valence-electron chi connectivity index (χ2n) is 4.47. The number of anilines is 1. The van der Waals surface area contributed by atoms with Crippen molar-refractivity contribution in [3.8, 4) is 0 Å². The average Bonchev–Trinajstić information content (AvgIpc) is 2.90. The Kier molecular flexibility index (Phi) is 2.78. The minimum absolute atomic E-state index is 0.526. The molecule has 0 aliphatic carbocycles. The van der Waals surface area contributed by atoms with Gasteiger partial charge in [-0.2, -0.15) is 0 Å². The normalized spacial score (nSPS) is 19.5. The van der Waals surface area contributed by atoms with Gasteiger partial charge in [0.15, 0.2) is 0 Å². The monoisotopic (exact) mass is 224 g/mol. The summed E-state index contributed by atoms with van der Waals surface area (Å²) in [6.45, 7) is 1.14. The molecule has 1 atom stereocenters. The van der Waals surface area contributed by atoms with Gasteiger partial charge < -0.3 is 4.90 Å². The van der Waals surface area contributed by atoms with Gasteiger partial charge in [-0.25, -0.2) is 0 Å². The first-order chi connectivity index (χ1) is 8.45. The SMILES string of the molecule is c1ccc(C2CCCN2c2ccncc2)cc1. The lowest BCUT2D eigenvalue weighted by Crippen LogP contribution is -2.22. The Bertz CT molecular complexity index is 421. The third-order valence-electron chi connectivity index (χ3n) is 3.43. The highest BCUT2D eigenvalue weighted by Gasteiger charge is 2.25. The molecule has 0 N–H and O–H groups in total. The fraction of sp³-hybridized carbons (Fsp3) is 0.267. The summed E-state index contributed by atoms with van der Waals surface area (Å²) in [5.74, 6) is 0. The zero-order valence-electron chi connectivity index (χ0n) is 9.79. The molecule has 1 aromatic carbocycles. The molecule has 1 aromatic heterocycles. The van der Waals surface area contributed by atoms with Crippen molar-refractivity contribution in [3.05, 3.63) is 60.4 Å². The van der Waals surface area contributed by atoms with Crippen LogP contribution in [0.25, 0.3) is 0 Å². The molecule has 17 heavy (non-hydrogen) atoms. The first kappa shape index (κ1) is 10.3. The van der Waals surface area contributed by atoms with Gasteiger partial charge in [-0.3, -0.25) is 4.98 Å². The van der Waals surface area contributed by atoms with Gasteiger partial charge >= 0.3 is 0 Å². The highest BCUT2D eigenvalue weighted by atomic mass is 15.2. The van der Waals surface area contributed by atoms with Gasteiger partial charge in [0, 0.05) is 24.6 Å². The Balaban J connectivity index is 1.91. The van der Waals surface area contributed by atoms with Crippen LogP contribution in [0, 0.1) is 0 Å². The molecule has 1 unspecified atom stereocenters. The van der Waals surface area contributed by atoms with Gasteiger partial charge in [0.25, 0.3) is 0 Å². The predicted octanol–water partition coefficient (Wildman–Crippen LogP) is 3.42. The molecular weight excluding hydrogens is 208 g/mol. The molecular formula is C15H16N2. The summed E-state index contributed by atoms with van der Waals surface area (Å²) in [5.41, 5.74) is 2.70. The van der Waals surface area contributed by atoms with Crippen molar-refractivity contribution in [3.63, 3.8) is 0 Å². The van der Waals surface area contributed by atoms with Gasteiger partial charge in [0.1, 0.15) is 0 Å². The summed E-state index contributed by atoms with van der Waals surface area (Å²) >= 11 is 0. The molecule has 0 amide bonds. The summed E-state index contributed by atoms with van der Waals surface area (Å²) in [6.07, 6.45) is 6.25. The van der Waals surface area contributed by atoms with Crippen LogP contribution >= 0.6 is 0 Å². The summed E-state index contributed by atoms with van der Waals surface area (Å²) in [7, 11) is 0. The lowest BCUT2D eigenvalue weighted by Gasteiger charge is -2.27. The predicted molar refractivity (Wildman–Crippen MR) is 70.0 cm³/mol. The Labute approximate surface area is 102 Å².